The van der Waals surface area contributed by atoms with Crippen LogP contribution in [0.3, 0.4) is 0 Å². The van der Waals surface area contributed by atoms with Gasteiger partial charge in [0.15, 0.2) is 0 Å². The van der Waals surface area contributed by atoms with Gasteiger partial charge >= 0.3 is 0 Å². The van der Waals surface area contributed by atoms with Crippen LogP contribution in [0.1, 0.15) is 11.6 Å². The molecule has 1 aromatic carbocycles. The van der Waals surface area contributed by atoms with E-state index in [-0.39, 0.29) is 12.6 Å². The van der Waals surface area contributed by atoms with Crippen LogP contribution in [0.25, 0.3) is 0 Å². The first kappa shape index (κ1) is 13.6. The van der Waals surface area contributed by atoms with Gasteiger partial charge in [0, 0.05) is 13.7 Å². The van der Waals surface area contributed by atoms with E-state index in [1.165, 1.54) is 0 Å². The first-order valence-corrected chi connectivity index (χ1v) is 5.39. The molecule has 0 heterocycles. The molecule has 0 bridgehead atoms. The molecule has 0 radical (unpaired) electrons. The molecule has 5 nitrogen and oxygen atoms in total. The molecule has 0 fully saturated rings. The summed E-state index contributed by atoms with van der Waals surface area (Å²) in [5.41, 5.74) is 6.01. The van der Waals surface area contributed by atoms with Crippen LogP contribution in [0.2, 0.25) is 0 Å². The number of benzene rings is 1. The van der Waals surface area contributed by atoms with Crippen LogP contribution >= 0.6 is 0 Å². The van der Waals surface area contributed by atoms with Gasteiger partial charge in [0.05, 0.1) is 12.6 Å². The average Bonchev–Trinajstić information content (AvgIpc) is 2.35. The van der Waals surface area contributed by atoms with Gasteiger partial charge in [-0.1, -0.05) is 30.3 Å². The Hall–Kier alpha value is -1.43. The Morgan fingerprint density at radius 3 is 2.65 bits per heavy atom. The lowest BCUT2D eigenvalue weighted by Crippen LogP contribution is -2.40. The third-order valence-corrected chi connectivity index (χ3v) is 2.42. The molecule has 0 saturated carbocycles. The highest BCUT2D eigenvalue weighted by Gasteiger charge is 2.15. The van der Waals surface area contributed by atoms with E-state index in [0.29, 0.717) is 6.61 Å². The maximum Gasteiger partial charge on any atom is 0.247 e. The molecular weight excluding hydrogens is 220 g/mol. The number of carbonyl (C=O) groups is 1. The average molecular weight is 238 g/mol. The molecule has 1 rings (SSSR count). The summed E-state index contributed by atoms with van der Waals surface area (Å²) in [7, 11) is 1.60. The van der Waals surface area contributed by atoms with Crippen LogP contribution in [0, 0.1) is 0 Å². The highest BCUT2D eigenvalue weighted by atomic mass is 16.5. The van der Waals surface area contributed by atoms with Gasteiger partial charge in [-0.25, -0.2) is 0 Å². The number of rotatable bonds is 7. The second-order valence-electron chi connectivity index (χ2n) is 3.75. The Morgan fingerprint density at radius 1 is 1.47 bits per heavy atom. The molecule has 5 heteroatoms. The molecule has 0 aromatic heterocycles. The van der Waals surface area contributed by atoms with E-state index in [4.69, 9.17) is 10.5 Å². The van der Waals surface area contributed by atoms with Crippen molar-refractivity contribution < 1.29 is 14.6 Å². The first-order chi connectivity index (χ1) is 8.15. The van der Waals surface area contributed by atoms with E-state index < -0.39 is 12.0 Å². The van der Waals surface area contributed by atoms with Crippen LogP contribution in [0.15, 0.2) is 30.3 Å². The summed E-state index contributed by atoms with van der Waals surface area (Å²) >= 11 is 0. The van der Waals surface area contributed by atoms with Crippen molar-refractivity contribution in [1.29, 1.82) is 0 Å². The number of amides is 1. The number of aliphatic hydroxyl groups is 1. The molecule has 2 atom stereocenters. The molecule has 0 saturated heterocycles. The zero-order valence-electron chi connectivity index (χ0n) is 9.80. The highest BCUT2D eigenvalue weighted by molar-refractivity contribution is 5.78. The number of nitrogens with one attached hydrogen (secondary N) is 1. The molecular formula is C12H18N2O3. The SMILES string of the molecule is COCC(NCC(O)C(N)=O)c1ccccc1. The van der Waals surface area contributed by atoms with Crippen LogP contribution in [-0.2, 0) is 9.53 Å². The largest absolute Gasteiger partial charge is 0.383 e. The summed E-state index contributed by atoms with van der Waals surface area (Å²) in [5, 5.41) is 12.4. The Balaban J connectivity index is 2.58. The standard InChI is InChI=1S/C12H18N2O3/c1-17-8-10(9-5-3-2-4-6-9)14-7-11(15)12(13)16/h2-6,10-11,14-15H,7-8H2,1H3,(H2,13,16). The highest BCUT2D eigenvalue weighted by Crippen LogP contribution is 2.12. The maximum atomic E-state index is 10.7. The van der Waals surface area contributed by atoms with E-state index in [2.05, 4.69) is 5.32 Å². The fourth-order valence-corrected chi connectivity index (χ4v) is 1.48. The predicted octanol–water partition coefficient (Wildman–Crippen LogP) is -0.190. The van der Waals surface area contributed by atoms with Gasteiger partial charge in [0.2, 0.25) is 5.91 Å². The lowest BCUT2D eigenvalue weighted by Gasteiger charge is -2.19. The minimum atomic E-state index is -1.18. The van der Waals surface area contributed by atoms with Crippen LogP contribution in [-0.4, -0.2) is 37.4 Å². The maximum absolute atomic E-state index is 10.7. The number of nitrogens with two attached hydrogens (primary N) is 1. The van der Waals surface area contributed by atoms with Crippen molar-refractivity contribution in [3.05, 3.63) is 35.9 Å². The van der Waals surface area contributed by atoms with E-state index in [9.17, 15) is 9.90 Å². The summed E-state index contributed by atoms with van der Waals surface area (Å²) in [6, 6.07) is 9.59. The molecule has 4 N–H and O–H groups in total. The Kier molecular flexibility index (Phi) is 5.62. The van der Waals surface area contributed by atoms with Crippen molar-refractivity contribution >= 4 is 5.91 Å². The molecule has 0 aliphatic rings. The second kappa shape index (κ2) is 7.01. The smallest absolute Gasteiger partial charge is 0.247 e. The Bertz CT molecular complexity index is 343. The van der Waals surface area contributed by atoms with Crippen molar-refractivity contribution in [1.82, 2.24) is 5.32 Å². The number of aliphatic hydroxyl groups excluding tert-OH is 1. The third kappa shape index (κ3) is 4.52. The molecule has 1 amide bonds. The number of hydrogen-bond donors (Lipinski definition) is 3. The van der Waals surface area contributed by atoms with Gasteiger partial charge in [0.25, 0.3) is 0 Å². The number of methoxy groups -OCH3 is 1. The van der Waals surface area contributed by atoms with Crippen molar-refractivity contribution in [3.8, 4) is 0 Å². The summed E-state index contributed by atoms with van der Waals surface area (Å²) in [5.74, 6) is -0.735. The summed E-state index contributed by atoms with van der Waals surface area (Å²) in [6.07, 6.45) is -1.18. The Morgan fingerprint density at radius 2 is 2.12 bits per heavy atom. The first-order valence-electron chi connectivity index (χ1n) is 5.39. The fraction of sp³-hybridized carbons (Fsp3) is 0.417. The second-order valence-corrected chi connectivity index (χ2v) is 3.75. The summed E-state index contributed by atoms with van der Waals surface area (Å²) in [4.78, 5) is 10.7. The third-order valence-electron chi connectivity index (χ3n) is 2.42. The minimum Gasteiger partial charge on any atom is -0.383 e. The zero-order valence-corrected chi connectivity index (χ0v) is 9.80. The normalized spacial score (nSPS) is 14.2. The van der Waals surface area contributed by atoms with Gasteiger partial charge < -0.3 is 20.9 Å². The van der Waals surface area contributed by atoms with Gasteiger partial charge in [0.1, 0.15) is 6.10 Å². The minimum absolute atomic E-state index is 0.0739. The quantitative estimate of drug-likeness (QED) is 0.614. The zero-order chi connectivity index (χ0) is 12.7. The molecule has 0 aliphatic heterocycles. The van der Waals surface area contributed by atoms with E-state index >= 15 is 0 Å². The summed E-state index contributed by atoms with van der Waals surface area (Å²) < 4.78 is 5.09. The molecule has 17 heavy (non-hydrogen) atoms. The molecule has 1 aromatic rings. The molecule has 0 aliphatic carbocycles. The summed E-state index contributed by atoms with van der Waals surface area (Å²) in [6.45, 7) is 0.563. The lowest BCUT2D eigenvalue weighted by molar-refractivity contribution is -0.125. The van der Waals surface area contributed by atoms with E-state index in [1.54, 1.807) is 7.11 Å². The number of ether oxygens (including phenoxy) is 1. The topological polar surface area (TPSA) is 84.6 Å². The van der Waals surface area contributed by atoms with Crippen molar-refractivity contribution in [3.63, 3.8) is 0 Å². The Labute approximate surface area is 101 Å². The van der Waals surface area contributed by atoms with Crippen molar-refractivity contribution in [2.45, 2.75) is 12.1 Å². The monoisotopic (exact) mass is 238 g/mol. The van der Waals surface area contributed by atoms with Crippen molar-refractivity contribution in [2.75, 3.05) is 20.3 Å². The van der Waals surface area contributed by atoms with Crippen molar-refractivity contribution in [2.24, 2.45) is 5.73 Å². The molecule has 0 spiro atoms. The van der Waals surface area contributed by atoms with E-state index in [1.807, 2.05) is 30.3 Å². The predicted molar refractivity (Wildman–Crippen MR) is 64.3 cm³/mol. The van der Waals surface area contributed by atoms with Crippen LogP contribution in [0.5, 0.6) is 0 Å². The number of carbonyl (C=O) groups excluding carboxylic acids is 1. The lowest BCUT2D eigenvalue weighted by atomic mass is 10.1. The van der Waals surface area contributed by atoms with Crippen LogP contribution < -0.4 is 11.1 Å². The van der Waals surface area contributed by atoms with E-state index in [0.717, 1.165) is 5.56 Å². The van der Waals surface area contributed by atoms with Gasteiger partial charge in [-0.05, 0) is 5.56 Å². The van der Waals surface area contributed by atoms with Gasteiger partial charge in [-0.2, -0.15) is 0 Å². The fourth-order valence-electron chi connectivity index (χ4n) is 1.48. The molecule has 94 valence electrons. The number of hydrogen-bond acceptors (Lipinski definition) is 4. The molecule has 2 unspecified atom stereocenters. The van der Waals surface area contributed by atoms with Gasteiger partial charge in [-0.3, -0.25) is 4.79 Å². The number of primary amides is 1. The van der Waals surface area contributed by atoms with Gasteiger partial charge in [-0.15, -0.1) is 0 Å². The van der Waals surface area contributed by atoms with Crippen LogP contribution in [0.4, 0.5) is 0 Å².